The smallest absolute Gasteiger partial charge is 0.257 e. The summed E-state index contributed by atoms with van der Waals surface area (Å²) in [6.45, 7) is 3.83. The summed E-state index contributed by atoms with van der Waals surface area (Å²) < 4.78 is 1.65. The van der Waals surface area contributed by atoms with Crippen LogP contribution in [0.2, 0.25) is 5.02 Å². The molecule has 23 heavy (non-hydrogen) atoms. The van der Waals surface area contributed by atoms with Crippen LogP contribution in [0.1, 0.15) is 21.7 Å². The van der Waals surface area contributed by atoms with Gasteiger partial charge in [0.05, 0.1) is 34.4 Å². The molecule has 1 amide bonds. The molecule has 3 aromatic rings. The van der Waals surface area contributed by atoms with E-state index in [2.05, 4.69) is 20.4 Å². The van der Waals surface area contributed by atoms with Crippen LogP contribution in [0.3, 0.4) is 0 Å². The maximum atomic E-state index is 12.2. The molecule has 0 saturated heterocycles. The van der Waals surface area contributed by atoms with E-state index >= 15 is 0 Å². The monoisotopic (exact) mass is 327 g/mol. The van der Waals surface area contributed by atoms with Crippen LogP contribution in [0.5, 0.6) is 0 Å². The maximum Gasteiger partial charge on any atom is 0.257 e. The van der Waals surface area contributed by atoms with Crippen molar-refractivity contribution in [2.24, 2.45) is 0 Å². The van der Waals surface area contributed by atoms with Gasteiger partial charge in [-0.2, -0.15) is 5.10 Å². The third-order valence-electron chi connectivity index (χ3n) is 3.21. The van der Waals surface area contributed by atoms with E-state index < -0.39 is 0 Å². The number of rotatable bonds is 3. The first kappa shape index (κ1) is 15.2. The first-order valence-corrected chi connectivity index (χ1v) is 7.34. The third kappa shape index (κ3) is 3.22. The van der Waals surface area contributed by atoms with Crippen LogP contribution < -0.4 is 5.32 Å². The van der Waals surface area contributed by atoms with Gasteiger partial charge in [-0.05, 0) is 32.0 Å². The van der Waals surface area contributed by atoms with Gasteiger partial charge in [0.2, 0.25) is 0 Å². The first-order valence-electron chi connectivity index (χ1n) is 6.96. The van der Waals surface area contributed by atoms with Gasteiger partial charge in [0.25, 0.3) is 11.9 Å². The topological polar surface area (TPSA) is 72.7 Å². The maximum absolute atomic E-state index is 12.2. The van der Waals surface area contributed by atoms with Crippen LogP contribution in [0.25, 0.3) is 5.95 Å². The fourth-order valence-electron chi connectivity index (χ4n) is 2.17. The molecular formula is C16H14ClN5O. The molecule has 3 rings (SSSR count). The number of hydrogen-bond acceptors (Lipinski definition) is 4. The van der Waals surface area contributed by atoms with Crippen molar-refractivity contribution in [3.05, 3.63) is 64.7 Å². The molecule has 0 saturated carbocycles. The highest BCUT2D eigenvalue weighted by Gasteiger charge is 2.11. The summed E-state index contributed by atoms with van der Waals surface area (Å²) in [5, 5.41) is 7.43. The molecule has 6 nitrogen and oxygen atoms in total. The average Bonchev–Trinajstić information content (AvgIpc) is 2.87. The van der Waals surface area contributed by atoms with Crippen LogP contribution in [0.4, 0.5) is 5.69 Å². The molecule has 0 atom stereocenters. The molecular weight excluding hydrogens is 314 g/mol. The lowest BCUT2D eigenvalue weighted by atomic mass is 10.2. The van der Waals surface area contributed by atoms with E-state index in [4.69, 9.17) is 11.6 Å². The van der Waals surface area contributed by atoms with Gasteiger partial charge >= 0.3 is 0 Å². The Morgan fingerprint density at radius 2 is 1.87 bits per heavy atom. The van der Waals surface area contributed by atoms with E-state index in [1.54, 1.807) is 28.9 Å². The van der Waals surface area contributed by atoms with Gasteiger partial charge in [0.15, 0.2) is 0 Å². The van der Waals surface area contributed by atoms with Crippen LogP contribution >= 0.6 is 11.6 Å². The van der Waals surface area contributed by atoms with Crippen LogP contribution in [0, 0.1) is 13.8 Å². The highest BCUT2D eigenvalue weighted by atomic mass is 35.5. The number of carbonyl (C=O) groups excluding carboxylic acids is 1. The molecule has 7 heteroatoms. The number of nitrogens with zero attached hydrogens (tertiary/aromatic N) is 4. The number of anilines is 1. The third-order valence-corrected chi connectivity index (χ3v) is 3.54. The van der Waals surface area contributed by atoms with E-state index in [0.29, 0.717) is 22.2 Å². The summed E-state index contributed by atoms with van der Waals surface area (Å²) >= 11 is 6.01. The Bertz CT molecular complexity index is 857. The van der Waals surface area contributed by atoms with E-state index in [1.165, 1.54) is 12.4 Å². The van der Waals surface area contributed by atoms with Crippen LogP contribution in [-0.2, 0) is 0 Å². The van der Waals surface area contributed by atoms with Crippen molar-refractivity contribution in [3.63, 3.8) is 0 Å². The first-order chi connectivity index (χ1) is 11.0. The summed E-state index contributed by atoms with van der Waals surface area (Å²) in [7, 11) is 0. The summed E-state index contributed by atoms with van der Waals surface area (Å²) in [6.07, 6.45) is 3.07. The Balaban J connectivity index is 1.79. The number of amides is 1. The molecule has 0 radical (unpaired) electrons. The lowest BCUT2D eigenvalue weighted by molar-refractivity contribution is 0.102. The zero-order valence-electron chi connectivity index (χ0n) is 12.6. The second-order valence-electron chi connectivity index (χ2n) is 5.04. The normalized spacial score (nSPS) is 10.6. The van der Waals surface area contributed by atoms with Crippen molar-refractivity contribution >= 4 is 23.2 Å². The fraction of sp³-hybridized carbons (Fsp3) is 0.125. The minimum absolute atomic E-state index is 0.307. The van der Waals surface area contributed by atoms with Gasteiger partial charge in [0.1, 0.15) is 0 Å². The largest absolute Gasteiger partial charge is 0.319 e. The summed E-state index contributed by atoms with van der Waals surface area (Å²) in [5.74, 6) is 0.143. The number of carbonyl (C=O) groups is 1. The minimum atomic E-state index is -0.307. The van der Waals surface area contributed by atoms with E-state index in [0.717, 1.165) is 11.4 Å². The lowest BCUT2D eigenvalue weighted by Crippen LogP contribution is -2.13. The van der Waals surface area contributed by atoms with Gasteiger partial charge in [-0.15, -0.1) is 0 Å². The Hall–Kier alpha value is -2.73. The zero-order chi connectivity index (χ0) is 16.4. The Labute approximate surface area is 138 Å². The SMILES string of the molecule is Cc1cc(C)n(-c2ncc(NC(=O)c3ccccc3Cl)cn2)n1. The van der Waals surface area contributed by atoms with Gasteiger partial charge in [-0.3, -0.25) is 4.79 Å². The second kappa shape index (κ2) is 6.18. The average molecular weight is 328 g/mol. The summed E-state index contributed by atoms with van der Waals surface area (Å²) in [6, 6.07) is 8.78. The molecule has 2 heterocycles. The highest BCUT2D eigenvalue weighted by molar-refractivity contribution is 6.34. The number of halogens is 1. The predicted octanol–water partition coefficient (Wildman–Crippen LogP) is 3.18. The van der Waals surface area contributed by atoms with Crippen molar-refractivity contribution in [1.82, 2.24) is 19.7 Å². The number of aryl methyl sites for hydroxylation is 2. The molecule has 0 bridgehead atoms. The standard InChI is InChI=1S/C16H14ClN5O/c1-10-7-11(2)22(21-10)16-18-8-12(9-19-16)20-15(23)13-5-3-4-6-14(13)17/h3-9H,1-2H3,(H,20,23). The van der Waals surface area contributed by atoms with Gasteiger partial charge < -0.3 is 5.32 Å². The molecule has 0 fully saturated rings. The fourth-order valence-corrected chi connectivity index (χ4v) is 2.39. The number of aromatic nitrogens is 4. The number of benzene rings is 1. The molecule has 1 aromatic carbocycles. The molecule has 116 valence electrons. The second-order valence-corrected chi connectivity index (χ2v) is 5.45. The van der Waals surface area contributed by atoms with Gasteiger partial charge in [-0.25, -0.2) is 14.6 Å². The summed E-state index contributed by atoms with van der Waals surface area (Å²) in [5.41, 5.74) is 2.72. The molecule has 0 aliphatic rings. The lowest BCUT2D eigenvalue weighted by Gasteiger charge is -2.07. The molecule has 0 aliphatic carbocycles. The van der Waals surface area contributed by atoms with E-state index in [9.17, 15) is 4.79 Å². The van der Waals surface area contributed by atoms with Crippen LogP contribution in [0.15, 0.2) is 42.7 Å². The Morgan fingerprint density at radius 3 is 2.48 bits per heavy atom. The van der Waals surface area contributed by atoms with Crippen molar-refractivity contribution < 1.29 is 4.79 Å². The molecule has 0 spiro atoms. The zero-order valence-corrected chi connectivity index (χ0v) is 13.4. The molecule has 0 unspecified atom stereocenters. The van der Waals surface area contributed by atoms with E-state index in [1.807, 2.05) is 19.9 Å². The van der Waals surface area contributed by atoms with Crippen molar-refractivity contribution in [2.45, 2.75) is 13.8 Å². The molecule has 2 aromatic heterocycles. The van der Waals surface area contributed by atoms with Crippen molar-refractivity contribution in [3.8, 4) is 5.95 Å². The number of hydrogen-bond donors (Lipinski definition) is 1. The minimum Gasteiger partial charge on any atom is -0.319 e. The Morgan fingerprint density at radius 1 is 1.17 bits per heavy atom. The highest BCUT2D eigenvalue weighted by Crippen LogP contribution is 2.17. The van der Waals surface area contributed by atoms with Crippen molar-refractivity contribution in [1.29, 1.82) is 0 Å². The van der Waals surface area contributed by atoms with Crippen LogP contribution in [-0.4, -0.2) is 25.7 Å². The number of nitrogens with one attached hydrogen (secondary N) is 1. The quantitative estimate of drug-likeness (QED) is 0.802. The van der Waals surface area contributed by atoms with Crippen molar-refractivity contribution in [2.75, 3.05) is 5.32 Å². The van der Waals surface area contributed by atoms with Gasteiger partial charge in [0, 0.05) is 5.69 Å². The Kier molecular flexibility index (Phi) is 4.08. The van der Waals surface area contributed by atoms with E-state index in [-0.39, 0.29) is 5.91 Å². The summed E-state index contributed by atoms with van der Waals surface area (Å²) in [4.78, 5) is 20.6. The van der Waals surface area contributed by atoms with Gasteiger partial charge in [-0.1, -0.05) is 23.7 Å². The predicted molar refractivity (Wildman–Crippen MR) is 88.0 cm³/mol. The molecule has 1 N–H and O–H groups in total. The molecule has 0 aliphatic heterocycles.